The van der Waals surface area contributed by atoms with Crippen molar-refractivity contribution in [1.82, 2.24) is 9.47 Å². The van der Waals surface area contributed by atoms with Crippen LogP contribution in [-0.2, 0) is 13.2 Å². The van der Waals surface area contributed by atoms with E-state index in [1.54, 1.807) is 0 Å². The molecule has 0 bridgehead atoms. The largest absolute Gasteiger partial charge is 0.392 e. The Morgan fingerprint density at radius 2 is 1.84 bits per heavy atom. The Morgan fingerprint density at radius 1 is 1.04 bits per heavy atom. The number of aliphatic hydroxyl groups is 1. The first-order valence-corrected chi connectivity index (χ1v) is 9.02. The fourth-order valence-electron chi connectivity index (χ4n) is 4.65. The monoisotopic (exact) mass is 333 g/mol. The van der Waals surface area contributed by atoms with Crippen molar-refractivity contribution in [3.63, 3.8) is 0 Å². The second kappa shape index (κ2) is 5.61. The van der Waals surface area contributed by atoms with E-state index in [-0.39, 0.29) is 12.6 Å². The van der Waals surface area contributed by atoms with E-state index in [9.17, 15) is 5.11 Å². The number of benzene rings is 2. The second-order valence-corrected chi connectivity index (χ2v) is 7.23. The van der Waals surface area contributed by atoms with Crippen molar-refractivity contribution in [2.24, 2.45) is 0 Å². The topological polar surface area (TPSA) is 31.6 Å². The second-order valence-electron chi connectivity index (χ2n) is 7.23. The van der Waals surface area contributed by atoms with Gasteiger partial charge in [-0.05, 0) is 24.7 Å². The predicted molar refractivity (Wildman–Crippen MR) is 101 cm³/mol. The molecular formula is C21H23N3O. The average Bonchev–Trinajstić information content (AvgIpc) is 2.88. The van der Waals surface area contributed by atoms with E-state index in [2.05, 4.69) is 69.9 Å². The van der Waals surface area contributed by atoms with Crippen molar-refractivity contribution in [3.8, 4) is 0 Å². The number of piperazine rings is 1. The van der Waals surface area contributed by atoms with Crippen molar-refractivity contribution in [2.45, 2.75) is 19.2 Å². The summed E-state index contributed by atoms with van der Waals surface area (Å²) in [7, 11) is 2.19. The van der Waals surface area contributed by atoms with Crippen LogP contribution in [0.25, 0.3) is 10.9 Å². The van der Waals surface area contributed by atoms with E-state index in [1.165, 1.54) is 27.8 Å². The summed E-state index contributed by atoms with van der Waals surface area (Å²) in [6, 6.07) is 17.5. The van der Waals surface area contributed by atoms with Crippen molar-refractivity contribution < 1.29 is 5.11 Å². The standard InChI is InChI=1S/C21H23N3O/c1-22-10-11-23-18-8-4-2-6-15(18)12-24-19-9-5-3-7-16(19)17(14-25)21(24)20(23)13-22/h2-9,20,25H,10-14H2,1H3. The number of nitrogens with zero attached hydrogens (tertiary/aromatic N) is 3. The van der Waals surface area contributed by atoms with Crippen molar-refractivity contribution >= 4 is 16.6 Å². The van der Waals surface area contributed by atoms with Gasteiger partial charge in [-0.25, -0.2) is 0 Å². The minimum absolute atomic E-state index is 0.0905. The first-order chi connectivity index (χ1) is 12.3. The molecule has 0 radical (unpaired) electrons. The van der Waals surface area contributed by atoms with Gasteiger partial charge >= 0.3 is 0 Å². The molecule has 4 heteroatoms. The molecular weight excluding hydrogens is 310 g/mol. The molecule has 4 nitrogen and oxygen atoms in total. The SMILES string of the molecule is CN1CCN2c3ccccc3Cn3c(c(CO)c4ccccc43)C2C1. The molecule has 1 unspecified atom stereocenters. The first-order valence-electron chi connectivity index (χ1n) is 9.02. The van der Waals surface area contributed by atoms with Gasteiger partial charge in [-0.15, -0.1) is 0 Å². The summed E-state index contributed by atoms with van der Waals surface area (Å²) in [4.78, 5) is 4.95. The van der Waals surface area contributed by atoms with Gasteiger partial charge in [-0.3, -0.25) is 0 Å². The number of fused-ring (bicyclic) bond motifs is 7. The number of anilines is 1. The number of hydrogen-bond acceptors (Lipinski definition) is 3. The molecule has 128 valence electrons. The molecule has 1 aromatic heterocycles. The van der Waals surface area contributed by atoms with E-state index in [0.29, 0.717) is 0 Å². The zero-order chi connectivity index (χ0) is 17.0. The molecule has 2 aliphatic heterocycles. The zero-order valence-electron chi connectivity index (χ0n) is 14.5. The maximum atomic E-state index is 10.2. The van der Waals surface area contributed by atoms with Crippen LogP contribution in [0.1, 0.15) is 22.9 Å². The van der Waals surface area contributed by atoms with E-state index in [4.69, 9.17) is 0 Å². The normalized spacial score (nSPS) is 20.1. The lowest BCUT2D eigenvalue weighted by atomic mass is 10.0. The fourth-order valence-corrected chi connectivity index (χ4v) is 4.65. The van der Waals surface area contributed by atoms with Crippen molar-refractivity contribution in [2.75, 3.05) is 31.6 Å². The molecule has 3 aromatic rings. The van der Waals surface area contributed by atoms with Gasteiger partial charge in [0, 0.05) is 54.0 Å². The lowest BCUT2D eigenvalue weighted by Crippen LogP contribution is -2.47. The third kappa shape index (κ3) is 2.14. The van der Waals surface area contributed by atoms with Gasteiger partial charge in [0.25, 0.3) is 0 Å². The van der Waals surface area contributed by atoms with Crippen LogP contribution >= 0.6 is 0 Å². The van der Waals surface area contributed by atoms with Gasteiger partial charge in [-0.2, -0.15) is 0 Å². The molecule has 2 aromatic carbocycles. The Bertz CT molecular complexity index is 945. The maximum Gasteiger partial charge on any atom is 0.0825 e. The number of likely N-dealkylation sites (N-methyl/N-ethyl adjacent to an activating group) is 1. The van der Waals surface area contributed by atoms with E-state index in [0.717, 1.165) is 31.7 Å². The fraction of sp³-hybridized carbons (Fsp3) is 0.333. The number of para-hydroxylation sites is 2. The average molecular weight is 333 g/mol. The Labute approximate surface area is 147 Å². The van der Waals surface area contributed by atoms with Gasteiger partial charge < -0.3 is 19.5 Å². The van der Waals surface area contributed by atoms with Crippen LogP contribution in [0.2, 0.25) is 0 Å². The summed E-state index contributed by atoms with van der Waals surface area (Å²) in [5, 5.41) is 11.4. The Morgan fingerprint density at radius 3 is 2.72 bits per heavy atom. The summed E-state index contributed by atoms with van der Waals surface area (Å²) in [6.07, 6.45) is 0. The molecule has 0 spiro atoms. The summed E-state index contributed by atoms with van der Waals surface area (Å²) in [6.45, 7) is 4.03. The Kier molecular flexibility index (Phi) is 3.37. The quantitative estimate of drug-likeness (QED) is 0.743. The molecule has 5 rings (SSSR count). The highest BCUT2D eigenvalue weighted by atomic mass is 16.3. The minimum atomic E-state index is 0.0905. The molecule has 0 saturated carbocycles. The third-order valence-corrected chi connectivity index (χ3v) is 5.81. The predicted octanol–water partition coefficient (Wildman–Crippen LogP) is 2.99. The van der Waals surface area contributed by atoms with Gasteiger partial charge in [-0.1, -0.05) is 36.4 Å². The summed E-state index contributed by atoms with van der Waals surface area (Å²) in [5.41, 5.74) is 6.31. The molecule has 25 heavy (non-hydrogen) atoms. The summed E-state index contributed by atoms with van der Waals surface area (Å²) < 4.78 is 2.43. The van der Waals surface area contributed by atoms with Crippen LogP contribution in [0, 0.1) is 0 Å². The minimum Gasteiger partial charge on any atom is -0.392 e. The van der Waals surface area contributed by atoms with Crippen LogP contribution in [0.5, 0.6) is 0 Å². The number of rotatable bonds is 1. The van der Waals surface area contributed by atoms with Gasteiger partial charge in [0.1, 0.15) is 0 Å². The van der Waals surface area contributed by atoms with E-state index in [1.807, 2.05) is 0 Å². The van der Waals surface area contributed by atoms with Crippen LogP contribution < -0.4 is 4.90 Å². The van der Waals surface area contributed by atoms with Gasteiger partial charge in [0.15, 0.2) is 0 Å². The van der Waals surface area contributed by atoms with Crippen molar-refractivity contribution in [1.29, 1.82) is 0 Å². The van der Waals surface area contributed by atoms with Crippen LogP contribution in [0.3, 0.4) is 0 Å². The third-order valence-electron chi connectivity index (χ3n) is 5.81. The maximum absolute atomic E-state index is 10.2. The summed E-state index contributed by atoms with van der Waals surface area (Å²) >= 11 is 0. The molecule has 1 fully saturated rings. The Balaban J connectivity index is 1.83. The highest BCUT2D eigenvalue weighted by Gasteiger charge is 2.35. The Hall–Kier alpha value is -2.30. The van der Waals surface area contributed by atoms with Gasteiger partial charge in [0.2, 0.25) is 0 Å². The lowest BCUT2D eigenvalue weighted by molar-refractivity contribution is 0.256. The highest BCUT2D eigenvalue weighted by Crippen LogP contribution is 2.41. The number of aliphatic hydroxyl groups excluding tert-OH is 1. The smallest absolute Gasteiger partial charge is 0.0825 e. The summed E-state index contributed by atoms with van der Waals surface area (Å²) in [5.74, 6) is 0. The lowest BCUT2D eigenvalue weighted by Gasteiger charge is -2.41. The highest BCUT2D eigenvalue weighted by molar-refractivity contribution is 5.86. The van der Waals surface area contributed by atoms with Gasteiger partial charge in [0.05, 0.1) is 12.6 Å². The first kappa shape index (κ1) is 15.0. The molecule has 1 saturated heterocycles. The van der Waals surface area contributed by atoms with Crippen LogP contribution in [0.15, 0.2) is 48.5 Å². The van der Waals surface area contributed by atoms with Crippen LogP contribution in [-0.4, -0.2) is 41.3 Å². The molecule has 1 N–H and O–H groups in total. The van der Waals surface area contributed by atoms with E-state index >= 15 is 0 Å². The van der Waals surface area contributed by atoms with Crippen LogP contribution in [0.4, 0.5) is 5.69 Å². The zero-order valence-corrected chi connectivity index (χ0v) is 14.5. The number of aromatic nitrogens is 1. The molecule has 1 atom stereocenters. The molecule has 0 aliphatic carbocycles. The van der Waals surface area contributed by atoms with Crippen molar-refractivity contribution in [3.05, 3.63) is 65.4 Å². The number of hydrogen-bond donors (Lipinski definition) is 1. The molecule has 0 amide bonds. The van der Waals surface area contributed by atoms with E-state index < -0.39 is 0 Å². The molecule has 3 heterocycles. The molecule has 2 aliphatic rings.